The van der Waals surface area contributed by atoms with Gasteiger partial charge in [-0.05, 0) is 13.8 Å². The lowest BCUT2D eigenvalue weighted by atomic mass is 10.5. The Morgan fingerprint density at radius 1 is 1.35 bits per heavy atom. The van der Waals surface area contributed by atoms with E-state index in [0.29, 0.717) is 0 Å². The Bertz CT molecular complexity index is 370. The van der Waals surface area contributed by atoms with E-state index >= 15 is 0 Å². The molecule has 0 fully saturated rings. The summed E-state index contributed by atoms with van der Waals surface area (Å²) in [6, 6.07) is 0. The molecule has 0 aliphatic carbocycles. The monoisotopic (exact) mass is 247 g/mol. The average Bonchev–Trinajstić information content (AvgIpc) is 2.18. The van der Waals surface area contributed by atoms with Crippen molar-refractivity contribution in [3.8, 4) is 5.88 Å². The highest BCUT2D eigenvalue weighted by Crippen LogP contribution is 2.10. The highest BCUT2D eigenvalue weighted by Gasteiger charge is 2.09. The number of carbonyl (C=O) groups excluding carboxylic acids is 1. The van der Waals surface area contributed by atoms with Crippen LogP contribution in [-0.4, -0.2) is 28.8 Å². The molecule has 0 saturated carbocycles. The maximum atomic E-state index is 11.8. The molecule has 6 nitrogen and oxygen atoms in total. The highest BCUT2D eigenvalue weighted by atomic mass is 19.3. The molecule has 0 saturated heterocycles. The first-order chi connectivity index (χ1) is 7.97. The second-order valence-corrected chi connectivity index (χ2v) is 3.20. The molecular weight excluding hydrogens is 236 g/mol. The van der Waals surface area contributed by atoms with Gasteiger partial charge < -0.3 is 9.47 Å². The summed E-state index contributed by atoms with van der Waals surface area (Å²) in [6.45, 7) is 0.407. The summed E-state index contributed by atoms with van der Waals surface area (Å²) in [6.07, 6.45) is 1.08. The highest BCUT2D eigenvalue weighted by molar-refractivity contribution is 5.83. The molecular formula is C9H11F2N3O3. The minimum absolute atomic E-state index is 0.0808. The van der Waals surface area contributed by atoms with E-state index in [1.807, 2.05) is 0 Å². The van der Waals surface area contributed by atoms with E-state index in [1.165, 1.54) is 0 Å². The summed E-state index contributed by atoms with van der Waals surface area (Å²) < 4.78 is 32.4. The van der Waals surface area contributed by atoms with E-state index in [1.54, 1.807) is 13.8 Å². The summed E-state index contributed by atoms with van der Waals surface area (Å²) in [7, 11) is 0. The van der Waals surface area contributed by atoms with Gasteiger partial charge in [0.25, 0.3) is 0 Å². The predicted octanol–water partition coefficient (Wildman–Crippen LogP) is 2.03. The van der Waals surface area contributed by atoms with Gasteiger partial charge in [-0.25, -0.2) is 14.8 Å². The number of hydrogen-bond acceptors (Lipinski definition) is 5. The molecule has 1 aromatic heterocycles. The van der Waals surface area contributed by atoms with Crippen molar-refractivity contribution in [2.45, 2.75) is 26.6 Å². The smallest absolute Gasteiger partial charge is 0.413 e. The van der Waals surface area contributed by atoms with Gasteiger partial charge in [0.1, 0.15) is 0 Å². The van der Waals surface area contributed by atoms with Crippen molar-refractivity contribution in [1.82, 2.24) is 9.97 Å². The largest absolute Gasteiger partial charge is 0.447 e. The van der Waals surface area contributed by atoms with Gasteiger partial charge in [0, 0.05) is 0 Å². The van der Waals surface area contributed by atoms with Crippen LogP contribution in [0.3, 0.4) is 0 Å². The van der Waals surface area contributed by atoms with Crippen LogP contribution in [0.15, 0.2) is 12.4 Å². The Morgan fingerprint density at radius 3 is 2.53 bits per heavy atom. The van der Waals surface area contributed by atoms with Crippen molar-refractivity contribution >= 4 is 11.9 Å². The molecule has 0 atom stereocenters. The van der Waals surface area contributed by atoms with Gasteiger partial charge in [-0.1, -0.05) is 0 Å². The fourth-order valence-electron chi connectivity index (χ4n) is 0.881. The third kappa shape index (κ3) is 5.05. The van der Waals surface area contributed by atoms with Crippen LogP contribution in [0.4, 0.5) is 19.4 Å². The van der Waals surface area contributed by atoms with Gasteiger partial charge in [-0.2, -0.15) is 8.78 Å². The molecule has 17 heavy (non-hydrogen) atoms. The van der Waals surface area contributed by atoms with Gasteiger partial charge in [0.05, 0.1) is 18.5 Å². The third-order valence-electron chi connectivity index (χ3n) is 1.41. The first-order valence-electron chi connectivity index (χ1n) is 4.72. The number of halogens is 2. The summed E-state index contributed by atoms with van der Waals surface area (Å²) in [5.41, 5.74) is 0. The molecule has 1 N–H and O–H groups in total. The fourth-order valence-corrected chi connectivity index (χ4v) is 0.881. The van der Waals surface area contributed by atoms with E-state index in [4.69, 9.17) is 4.74 Å². The van der Waals surface area contributed by atoms with Crippen molar-refractivity contribution in [2.24, 2.45) is 0 Å². The molecule has 0 spiro atoms. The molecule has 1 heterocycles. The molecule has 0 aliphatic rings. The summed E-state index contributed by atoms with van der Waals surface area (Å²) >= 11 is 0. The van der Waals surface area contributed by atoms with Crippen LogP contribution in [0.2, 0.25) is 0 Å². The number of nitrogens with one attached hydrogen (secondary N) is 1. The van der Waals surface area contributed by atoms with Gasteiger partial charge in [-0.15, -0.1) is 0 Å². The van der Waals surface area contributed by atoms with E-state index in [9.17, 15) is 13.6 Å². The predicted molar refractivity (Wildman–Crippen MR) is 53.9 cm³/mol. The van der Waals surface area contributed by atoms with E-state index in [-0.39, 0.29) is 17.8 Å². The maximum Gasteiger partial charge on any atom is 0.413 e. The molecule has 0 aromatic carbocycles. The quantitative estimate of drug-likeness (QED) is 0.881. The molecule has 1 rings (SSSR count). The number of carbonyl (C=O) groups is 1. The van der Waals surface area contributed by atoms with Crippen LogP contribution >= 0.6 is 0 Å². The standard InChI is InChI=1S/C9H11F2N3O3/c1-5(2)16-9(15)14-6-3-13-7(4-12-6)17-8(10)11/h3-5,8H,1-2H3,(H,12,14,15). The van der Waals surface area contributed by atoms with Gasteiger partial charge in [0.15, 0.2) is 5.82 Å². The second-order valence-electron chi connectivity index (χ2n) is 3.20. The molecule has 0 unspecified atom stereocenters. The molecule has 0 radical (unpaired) electrons. The lowest BCUT2D eigenvalue weighted by Gasteiger charge is -2.08. The van der Waals surface area contributed by atoms with Gasteiger partial charge in [0.2, 0.25) is 5.88 Å². The number of alkyl halides is 2. The zero-order valence-corrected chi connectivity index (χ0v) is 9.18. The zero-order valence-electron chi connectivity index (χ0n) is 9.18. The lowest BCUT2D eigenvalue weighted by molar-refractivity contribution is -0.0531. The molecule has 1 amide bonds. The van der Waals surface area contributed by atoms with Gasteiger partial charge >= 0.3 is 12.7 Å². The van der Waals surface area contributed by atoms with Crippen molar-refractivity contribution < 1.29 is 23.0 Å². The van der Waals surface area contributed by atoms with Crippen molar-refractivity contribution in [3.05, 3.63) is 12.4 Å². The molecule has 0 bridgehead atoms. The number of anilines is 1. The van der Waals surface area contributed by atoms with Crippen LogP contribution in [0.5, 0.6) is 5.88 Å². The number of amides is 1. The maximum absolute atomic E-state index is 11.8. The van der Waals surface area contributed by atoms with Crippen LogP contribution in [0.1, 0.15) is 13.8 Å². The van der Waals surface area contributed by atoms with Crippen molar-refractivity contribution in [1.29, 1.82) is 0 Å². The number of aromatic nitrogens is 2. The Morgan fingerprint density at radius 2 is 2.06 bits per heavy atom. The number of nitrogens with zero attached hydrogens (tertiary/aromatic N) is 2. The van der Waals surface area contributed by atoms with Crippen LogP contribution in [0.25, 0.3) is 0 Å². The summed E-state index contributed by atoms with van der Waals surface area (Å²) in [5.74, 6) is -0.250. The topological polar surface area (TPSA) is 73.3 Å². The van der Waals surface area contributed by atoms with Crippen LogP contribution in [0, 0.1) is 0 Å². The molecule has 94 valence electrons. The molecule has 1 aromatic rings. The number of ether oxygens (including phenoxy) is 2. The molecule has 0 aliphatic heterocycles. The molecule has 8 heteroatoms. The first kappa shape index (κ1) is 13.1. The van der Waals surface area contributed by atoms with Crippen molar-refractivity contribution in [3.63, 3.8) is 0 Å². The van der Waals surface area contributed by atoms with E-state index in [2.05, 4.69) is 20.0 Å². The number of hydrogen-bond donors (Lipinski definition) is 1. The third-order valence-corrected chi connectivity index (χ3v) is 1.41. The fraction of sp³-hybridized carbons (Fsp3) is 0.444. The Hall–Kier alpha value is -1.99. The lowest BCUT2D eigenvalue weighted by Crippen LogP contribution is -2.18. The summed E-state index contributed by atoms with van der Waals surface area (Å²) in [5, 5.41) is 2.28. The number of rotatable bonds is 4. The van der Waals surface area contributed by atoms with Gasteiger partial charge in [-0.3, -0.25) is 5.32 Å². The second kappa shape index (κ2) is 5.92. The van der Waals surface area contributed by atoms with E-state index in [0.717, 1.165) is 12.4 Å². The SMILES string of the molecule is CC(C)OC(=O)Nc1cnc(OC(F)F)cn1. The Balaban J connectivity index is 2.53. The Kier molecular flexibility index (Phi) is 4.56. The van der Waals surface area contributed by atoms with Crippen LogP contribution in [-0.2, 0) is 4.74 Å². The minimum atomic E-state index is -2.96. The normalized spacial score (nSPS) is 10.5. The van der Waals surface area contributed by atoms with Crippen LogP contribution < -0.4 is 10.1 Å². The minimum Gasteiger partial charge on any atom is -0.447 e. The summed E-state index contributed by atoms with van der Waals surface area (Å²) in [4.78, 5) is 18.3. The van der Waals surface area contributed by atoms with E-state index < -0.39 is 12.7 Å². The average molecular weight is 247 g/mol. The Labute approximate surface area is 96.0 Å². The zero-order chi connectivity index (χ0) is 12.8. The van der Waals surface area contributed by atoms with Crippen molar-refractivity contribution in [2.75, 3.05) is 5.32 Å². The first-order valence-corrected chi connectivity index (χ1v) is 4.72.